The second kappa shape index (κ2) is 5.07. The van der Waals surface area contributed by atoms with Gasteiger partial charge in [-0.05, 0) is 13.8 Å². The lowest BCUT2D eigenvalue weighted by Gasteiger charge is -2.19. The van der Waals surface area contributed by atoms with Gasteiger partial charge >= 0.3 is 0 Å². The van der Waals surface area contributed by atoms with Crippen molar-refractivity contribution >= 4 is 17.7 Å². The number of likely N-dealkylation sites (N-methyl/N-ethyl adjacent to an activating group) is 1. The van der Waals surface area contributed by atoms with Crippen LogP contribution in [-0.2, 0) is 14.4 Å². The number of carbonyl (C=O) groups excluding carboxylic acids is 3. The number of hydrogen-bond acceptors (Lipinski definition) is 4. The van der Waals surface area contributed by atoms with Crippen molar-refractivity contribution in [1.29, 1.82) is 0 Å². The van der Waals surface area contributed by atoms with E-state index in [1.165, 1.54) is 11.9 Å². The molecule has 1 aliphatic rings. The first kappa shape index (κ1) is 12.6. The molecule has 0 aromatic heterocycles. The summed E-state index contributed by atoms with van der Waals surface area (Å²) in [5.41, 5.74) is 0. The molecule has 1 unspecified atom stereocenters. The maximum atomic E-state index is 11.8. The minimum Gasteiger partial charge on any atom is -0.358 e. The van der Waals surface area contributed by atoms with Crippen LogP contribution in [0.1, 0.15) is 20.3 Å². The monoisotopic (exact) mass is 227 g/mol. The molecule has 1 heterocycles. The molecular weight excluding hydrogens is 210 g/mol. The summed E-state index contributed by atoms with van der Waals surface area (Å²) in [5, 5.41) is 5.21. The van der Waals surface area contributed by atoms with E-state index in [9.17, 15) is 14.4 Å². The second-order valence-corrected chi connectivity index (χ2v) is 4.01. The quantitative estimate of drug-likeness (QED) is 0.595. The van der Waals surface area contributed by atoms with E-state index in [1.54, 1.807) is 13.8 Å². The van der Waals surface area contributed by atoms with Crippen molar-refractivity contribution in [3.8, 4) is 0 Å². The maximum absolute atomic E-state index is 11.8. The number of nitrogens with one attached hydrogen (secondary N) is 2. The fourth-order valence-electron chi connectivity index (χ4n) is 1.66. The van der Waals surface area contributed by atoms with Gasteiger partial charge in [-0.15, -0.1) is 0 Å². The average molecular weight is 227 g/mol. The van der Waals surface area contributed by atoms with Crippen LogP contribution in [0.2, 0.25) is 0 Å². The summed E-state index contributed by atoms with van der Waals surface area (Å²) in [7, 11) is 1.52. The predicted octanol–water partition coefficient (Wildman–Crippen LogP) is -1.14. The molecule has 1 aliphatic heterocycles. The Morgan fingerprint density at radius 2 is 2.12 bits per heavy atom. The van der Waals surface area contributed by atoms with Gasteiger partial charge in [-0.25, -0.2) is 0 Å². The summed E-state index contributed by atoms with van der Waals surface area (Å²) in [6, 6.07) is -0.695. The van der Waals surface area contributed by atoms with E-state index in [0.717, 1.165) is 0 Å². The highest BCUT2D eigenvalue weighted by atomic mass is 16.2. The highest BCUT2D eigenvalue weighted by molar-refractivity contribution is 6.06. The molecule has 0 bridgehead atoms. The van der Waals surface area contributed by atoms with Gasteiger partial charge in [0.25, 0.3) is 0 Å². The molecule has 6 nitrogen and oxygen atoms in total. The van der Waals surface area contributed by atoms with E-state index in [4.69, 9.17) is 0 Å². The second-order valence-electron chi connectivity index (χ2n) is 4.01. The molecule has 0 radical (unpaired) electrons. The van der Waals surface area contributed by atoms with E-state index >= 15 is 0 Å². The standard InChI is InChI=1S/C10H17N3O3/c1-6(2)13-9(15)4-7(10(13)16)12-5-8(14)11-3/h6-7,12H,4-5H2,1-3H3,(H,11,14). The van der Waals surface area contributed by atoms with Gasteiger partial charge in [0.05, 0.1) is 19.0 Å². The largest absolute Gasteiger partial charge is 0.358 e. The van der Waals surface area contributed by atoms with Crippen LogP contribution in [-0.4, -0.2) is 48.3 Å². The van der Waals surface area contributed by atoms with E-state index in [1.807, 2.05) is 0 Å². The van der Waals surface area contributed by atoms with Crippen LogP contribution in [0.5, 0.6) is 0 Å². The first-order valence-corrected chi connectivity index (χ1v) is 5.27. The van der Waals surface area contributed by atoms with Crippen molar-refractivity contribution in [2.45, 2.75) is 32.4 Å². The van der Waals surface area contributed by atoms with Crippen molar-refractivity contribution in [3.05, 3.63) is 0 Å². The molecule has 0 spiro atoms. The van der Waals surface area contributed by atoms with Gasteiger partial charge in [0.1, 0.15) is 0 Å². The minimum absolute atomic E-state index is 0.0477. The third-order valence-corrected chi connectivity index (χ3v) is 2.49. The van der Waals surface area contributed by atoms with Crippen molar-refractivity contribution < 1.29 is 14.4 Å². The summed E-state index contributed by atoms with van der Waals surface area (Å²) in [6.07, 6.45) is 0.133. The molecule has 1 rings (SSSR count). The fraction of sp³-hybridized carbons (Fsp3) is 0.700. The Balaban J connectivity index is 2.56. The number of carbonyl (C=O) groups is 3. The topological polar surface area (TPSA) is 78.5 Å². The molecule has 0 aliphatic carbocycles. The van der Waals surface area contributed by atoms with Gasteiger partial charge in [0.15, 0.2) is 0 Å². The summed E-state index contributed by atoms with van der Waals surface area (Å²) < 4.78 is 0. The summed E-state index contributed by atoms with van der Waals surface area (Å²) >= 11 is 0. The number of likely N-dealkylation sites (tertiary alicyclic amines) is 1. The summed E-state index contributed by atoms with van der Waals surface area (Å²) in [4.78, 5) is 35.5. The van der Waals surface area contributed by atoms with Crippen LogP contribution in [0.3, 0.4) is 0 Å². The molecule has 0 aromatic rings. The normalized spacial score (nSPS) is 20.8. The zero-order valence-corrected chi connectivity index (χ0v) is 9.74. The molecule has 16 heavy (non-hydrogen) atoms. The van der Waals surface area contributed by atoms with Crippen molar-refractivity contribution in [1.82, 2.24) is 15.5 Å². The number of nitrogens with zero attached hydrogens (tertiary/aromatic N) is 1. The molecule has 0 aromatic carbocycles. The lowest BCUT2D eigenvalue weighted by Crippen LogP contribution is -2.44. The number of amides is 3. The zero-order chi connectivity index (χ0) is 12.3. The van der Waals surface area contributed by atoms with Gasteiger partial charge < -0.3 is 5.32 Å². The number of rotatable bonds is 4. The first-order valence-electron chi connectivity index (χ1n) is 5.27. The Labute approximate surface area is 94.4 Å². The van der Waals surface area contributed by atoms with Crippen LogP contribution < -0.4 is 10.6 Å². The molecular formula is C10H17N3O3. The van der Waals surface area contributed by atoms with E-state index in [0.29, 0.717) is 0 Å². The first-order chi connectivity index (χ1) is 7.47. The van der Waals surface area contributed by atoms with E-state index < -0.39 is 6.04 Å². The summed E-state index contributed by atoms with van der Waals surface area (Å²) in [6.45, 7) is 3.62. The number of hydrogen-bond donors (Lipinski definition) is 2. The van der Waals surface area contributed by atoms with Crippen molar-refractivity contribution in [2.24, 2.45) is 0 Å². The molecule has 3 amide bonds. The molecule has 2 N–H and O–H groups in total. The fourth-order valence-corrected chi connectivity index (χ4v) is 1.66. The Bertz CT molecular complexity index is 314. The van der Waals surface area contributed by atoms with Gasteiger partial charge in [-0.3, -0.25) is 24.6 Å². The van der Waals surface area contributed by atoms with Crippen molar-refractivity contribution in [2.75, 3.05) is 13.6 Å². The van der Waals surface area contributed by atoms with Crippen molar-refractivity contribution in [3.63, 3.8) is 0 Å². The predicted molar refractivity (Wildman–Crippen MR) is 57.5 cm³/mol. The zero-order valence-electron chi connectivity index (χ0n) is 9.74. The lowest BCUT2D eigenvalue weighted by molar-refractivity contribution is -0.140. The highest BCUT2D eigenvalue weighted by Crippen LogP contribution is 2.15. The Morgan fingerprint density at radius 1 is 1.50 bits per heavy atom. The molecule has 0 saturated carbocycles. The van der Waals surface area contributed by atoms with Gasteiger partial charge in [0, 0.05) is 13.1 Å². The third kappa shape index (κ3) is 2.57. The third-order valence-electron chi connectivity index (χ3n) is 2.49. The smallest absolute Gasteiger partial charge is 0.247 e. The SMILES string of the molecule is CNC(=O)CNC1CC(=O)N(C(C)C)C1=O. The Hall–Kier alpha value is -1.43. The Kier molecular flexibility index (Phi) is 4.00. The number of imide groups is 1. The molecule has 1 fully saturated rings. The molecule has 1 atom stereocenters. The minimum atomic E-state index is -0.563. The van der Waals surface area contributed by atoms with E-state index in [-0.39, 0.29) is 36.7 Å². The van der Waals surface area contributed by atoms with E-state index in [2.05, 4.69) is 10.6 Å². The lowest BCUT2D eigenvalue weighted by atomic mass is 10.2. The molecule has 90 valence electrons. The van der Waals surface area contributed by atoms with Gasteiger partial charge in [-0.2, -0.15) is 0 Å². The maximum Gasteiger partial charge on any atom is 0.247 e. The Morgan fingerprint density at radius 3 is 2.56 bits per heavy atom. The summed E-state index contributed by atoms with van der Waals surface area (Å²) in [5.74, 6) is -0.637. The van der Waals surface area contributed by atoms with Gasteiger partial charge in [0.2, 0.25) is 17.7 Å². The van der Waals surface area contributed by atoms with Crippen LogP contribution in [0, 0.1) is 0 Å². The van der Waals surface area contributed by atoms with Crippen LogP contribution in [0.4, 0.5) is 0 Å². The van der Waals surface area contributed by atoms with Gasteiger partial charge in [-0.1, -0.05) is 0 Å². The molecule has 1 saturated heterocycles. The highest BCUT2D eigenvalue weighted by Gasteiger charge is 2.39. The average Bonchev–Trinajstić information content (AvgIpc) is 2.50. The van der Waals surface area contributed by atoms with Crippen LogP contribution in [0.25, 0.3) is 0 Å². The van der Waals surface area contributed by atoms with Crippen LogP contribution >= 0.6 is 0 Å². The van der Waals surface area contributed by atoms with Crippen LogP contribution in [0.15, 0.2) is 0 Å². The molecule has 6 heteroatoms.